The van der Waals surface area contributed by atoms with Crippen molar-refractivity contribution in [1.82, 2.24) is 4.57 Å². The molecule has 0 unspecified atom stereocenters. The van der Waals surface area contributed by atoms with Gasteiger partial charge in [-0.3, -0.25) is 0 Å². The highest BCUT2D eigenvalue weighted by molar-refractivity contribution is 5.87. The molecule has 1 N–H and O–H groups in total. The fraction of sp³-hybridized carbons (Fsp3) is 0.214. The van der Waals surface area contributed by atoms with Crippen LogP contribution in [0.2, 0.25) is 0 Å². The van der Waals surface area contributed by atoms with E-state index in [9.17, 15) is 9.18 Å². The summed E-state index contributed by atoms with van der Waals surface area (Å²) in [6.45, 7) is 4.01. The number of aryl methyl sites for hydroxylation is 2. The number of hydrogen-bond donors (Lipinski definition) is 1. The molecule has 1 aromatic carbocycles. The highest BCUT2D eigenvalue weighted by Crippen LogP contribution is 2.16. The molecule has 2 rings (SSSR count). The van der Waals surface area contributed by atoms with Crippen LogP contribution in [0.5, 0.6) is 0 Å². The van der Waals surface area contributed by atoms with Crippen molar-refractivity contribution in [2.45, 2.75) is 20.4 Å². The van der Waals surface area contributed by atoms with E-state index in [0.29, 0.717) is 6.54 Å². The standard InChI is InChI=1S/C14H14FNO2/c1-9-5-6-16(13(9)14(17)18)8-11-3-4-12(15)7-10(11)2/h3-7H,8H2,1-2H3,(H,17,18). The van der Waals surface area contributed by atoms with Crippen molar-refractivity contribution >= 4 is 5.97 Å². The van der Waals surface area contributed by atoms with Crippen LogP contribution in [0.1, 0.15) is 27.2 Å². The van der Waals surface area contributed by atoms with E-state index in [1.54, 1.807) is 29.8 Å². The maximum absolute atomic E-state index is 13.0. The van der Waals surface area contributed by atoms with Crippen molar-refractivity contribution in [1.29, 1.82) is 0 Å². The first kappa shape index (κ1) is 12.4. The lowest BCUT2D eigenvalue weighted by Crippen LogP contribution is -2.10. The molecule has 0 atom stereocenters. The molecule has 0 radical (unpaired) electrons. The molecule has 1 aromatic heterocycles. The van der Waals surface area contributed by atoms with Crippen LogP contribution in [0.15, 0.2) is 30.5 Å². The van der Waals surface area contributed by atoms with Crippen molar-refractivity contribution in [3.05, 3.63) is 58.7 Å². The first-order valence-corrected chi connectivity index (χ1v) is 5.63. The van der Waals surface area contributed by atoms with Gasteiger partial charge >= 0.3 is 5.97 Å². The highest BCUT2D eigenvalue weighted by atomic mass is 19.1. The SMILES string of the molecule is Cc1cc(F)ccc1Cn1ccc(C)c1C(=O)O. The summed E-state index contributed by atoms with van der Waals surface area (Å²) in [4.78, 5) is 11.2. The lowest BCUT2D eigenvalue weighted by Gasteiger charge is -2.10. The second-order valence-electron chi connectivity index (χ2n) is 4.35. The van der Waals surface area contributed by atoms with Crippen molar-refractivity contribution < 1.29 is 14.3 Å². The largest absolute Gasteiger partial charge is 0.477 e. The Balaban J connectivity index is 2.37. The molecular weight excluding hydrogens is 233 g/mol. The predicted molar refractivity (Wildman–Crippen MR) is 66.4 cm³/mol. The van der Waals surface area contributed by atoms with E-state index in [-0.39, 0.29) is 11.5 Å². The Labute approximate surface area is 104 Å². The molecule has 0 bridgehead atoms. The molecule has 0 aliphatic carbocycles. The minimum absolute atomic E-state index is 0.277. The topological polar surface area (TPSA) is 42.2 Å². The van der Waals surface area contributed by atoms with Crippen molar-refractivity contribution in [3.63, 3.8) is 0 Å². The first-order chi connectivity index (χ1) is 8.49. The molecular formula is C14H14FNO2. The second kappa shape index (κ2) is 4.64. The summed E-state index contributed by atoms with van der Waals surface area (Å²) in [5, 5.41) is 9.15. The summed E-state index contributed by atoms with van der Waals surface area (Å²) >= 11 is 0. The molecule has 3 nitrogen and oxygen atoms in total. The van der Waals surface area contributed by atoms with E-state index in [1.807, 2.05) is 6.92 Å². The van der Waals surface area contributed by atoms with Crippen molar-refractivity contribution in [2.75, 3.05) is 0 Å². The average molecular weight is 247 g/mol. The summed E-state index contributed by atoms with van der Waals surface area (Å²) in [6.07, 6.45) is 1.74. The predicted octanol–water partition coefficient (Wildman–Crippen LogP) is 2.99. The maximum atomic E-state index is 13.0. The number of carbonyl (C=O) groups is 1. The van der Waals surface area contributed by atoms with E-state index < -0.39 is 5.97 Å². The third-order valence-corrected chi connectivity index (χ3v) is 3.01. The van der Waals surface area contributed by atoms with Gasteiger partial charge in [0.05, 0.1) is 0 Å². The van der Waals surface area contributed by atoms with Gasteiger partial charge in [-0.05, 0) is 48.7 Å². The zero-order valence-corrected chi connectivity index (χ0v) is 10.3. The lowest BCUT2D eigenvalue weighted by molar-refractivity contribution is 0.0685. The molecule has 2 aromatic rings. The summed E-state index contributed by atoms with van der Waals surface area (Å²) in [5.41, 5.74) is 2.73. The minimum atomic E-state index is -0.947. The summed E-state index contributed by atoms with van der Waals surface area (Å²) < 4.78 is 14.7. The molecule has 0 saturated carbocycles. The number of carboxylic acids is 1. The Kier molecular flexibility index (Phi) is 3.19. The molecule has 0 saturated heterocycles. The Bertz CT molecular complexity index is 602. The molecule has 18 heavy (non-hydrogen) atoms. The highest BCUT2D eigenvalue weighted by Gasteiger charge is 2.13. The number of aromatic nitrogens is 1. The van der Waals surface area contributed by atoms with Gasteiger partial charge in [0.15, 0.2) is 0 Å². The van der Waals surface area contributed by atoms with E-state index >= 15 is 0 Å². The van der Waals surface area contributed by atoms with Crippen LogP contribution in [0.3, 0.4) is 0 Å². The molecule has 0 amide bonds. The van der Waals surface area contributed by atoms with Gasteiger partial charge in [-0.1, -0.05) is 6.07 Å². The Morgan fingerprint density at radius 2 is 2.00 bits per heavy atom. The zero-order valence-electron chi connectivity index (χ0n) is 10.3. The van der Waals surface area contributed by atoms with Crippen LogP contribution in [0.4, 0.5) is 4.39 Å². The molecule has 0 spiro atoms. The van der Waals surface area contributed by atoms with Crippen molar-refractivity contribution in [3.8, 4) is 0 Å². The van der Waals surface area contributed by atoms with E-state index in [4.69, 9.17) is 5.11 Å². The van der Waals surface area contributed by atoms with E-state index in [0.717, 1.165) is 16.7 Å². The number of halogens is 1. The fourth-order valence-corrected chi connectivity index (χ4v) is 2.03. The molecule has 94 valence electrons. The molecule has 0 fully saturated rings. The Hall–Kier alpha value is -2.10. The van der Waals surface area contributed by atoms with Crippen molar-refractivity contribution in [2.24, 2.45) is 0 Å². The number of hydrogen-bond acceptors (Lipinski definition) is 1. The lowest BCUT2D eigenvalue weighted by atomic mass is 10.1. The number of nitrogens with zero attached hydrogens (tertiary/aromatic N) is 1. The fourth-order valence-electron chi connectivity index (χ4n) is 2.03. The maximum Gasteiger partial charge on any atom is 0.352 e. The normalized spacial score (nSPS) is 10.6. The molecule has 1 heterocycles. The Morgan fingerprint density at radius 1 is 1.28 bits per heavy atom. The number of aromatic carboxylic acids is 1. The van der Waals surface area contributed by atoms with Gasteiger partial charge in [0.2, 0.25) is 0 Å². The number of rotatable bonds is 3. The van der Waals surface area contributed by atoms with E-state index in [1.165, 1.54) is 12.1 Å². The molecule has 0 aliphatic rings. The number of carboxylic acid groups (broad SMARTS) is 1. The average Bonchev–Trinajstić information content (AvgIpc) is 2.64. The van der Waals surface area contributed by atoms with Crippen LogP contribution in [0.25, 0.3) is 0 Å². The Morgan fingerprint density at radius 3 is 2.61 bits per heavy atom. The summed E-state index contributed by atoms with van der Waals surface area (Å²) in [6, 6.07) is 6.29. The van der Waals surface area contributed by atoms with Crippen LogP contribution in [0, 0.1) is 19.7 Å². The first-order valence-electron chi connectivity index (χ1n) is 5.63. The van der Waals surface area contributed by atoms with Crippen LogP contribution in [-0.4, -0.2) is 15.6 Å². The van der Waals surface area contributed by atoms with Gasteiger partial charge in [0, 0.05) is 12.7 Å². The summed E-state index contributed by atoms with van der Waals surface area (Å²) in [5.74, 6) is -1.23. The van der Waals surface area contributed by atoms with Crippen LogP contribution in [-0.2, 0) is 6.54 Å². The minimum Gasteiger partial charge on any atom is -0.477 e. The van der Waals surface area contributed by atoms with Gasteiger partial charge in [-0.25, -0.2) is 9.18 Å². The third kappa shape index (κ3) is 2.27. The quantitative estimate of drug-likeness (QED) is 0.906. The van der Waals surface area contributed by atoms with Gasteiger partial charge in [0.1, 0.15) is 11.5 Å². The van der Waals surface area contributed by atoms with Gasteiger partial charge in [0.25, 0.3) is 0 Å². The smallest absolute Gasteiger partial charge is 0.352 e. The van der Waals surface area contributed by atoms with Crippen LogP contribution >= 0.6 is 0 Å². The van der Waals surface area contributed by atoms with Crippen LogP contribution < -0.4 is 0 Å². The molecule has 0 aliphatic heterocycles. The third-order valence-electron chi connectivity index (χ3n) is 3.01. The van der Waals surface area contributed by atoms with E-state index in [2.05, 4.69) is 0 Å². The van der Waals surface area contributed by atoms with Gasteiger partial charge in [-0.15, -0.1) is 0 Å². The molecule has 4 heteroatoms. The zero-order chi connectivity index (χ0) is 13.3. The summed E-state index contributed by atoms with van der Waals surface area (Å²) in [7, 11) is 0. The van der Waals surface area contributed by atoms with Gasteiger partial charge in [-0.2, -0.15) is 0 Å². The van der Waals surface area contributed by atoms with Gasteiger partial charge < -0.3 is 9.67 Å². The monoisotopic (exact) mass is 247 g/mol. The second-order valence-corrected chi connectivity index (χ2v) is 4.35. The number of benzene rings is 1.